The number of nitrogens with zero attached hydrogens (tertiary/aromatic N) is 2. The molecular weight excluding hydrogens is 500 g/mol. The standard InChI is InChI=1S/C33H36N4O3/c1-40-20-19-37-31(28-21-34-29-14-8-7-11-25(28)29)30(26-12-5-6-13-27(26)33(37)39)32(38)35-24-15-17-36(18-16-24)22-23-9-3-2-4-10-23/h2-14,21,24,30-31,34H,15-20,22H2,1H3,(H,35,38). The number of likely N-dealkylation sites (tertiary alicyclic amines) is 1. The van der Waals surface area contributed by atoms with Crippen LogP contribution in [0.2, 0.25) is 0 Å². The van der Waals surface area contributed by atoms with Crippen LogP contribution in [0.1, 0.15) is 51.8 Å². The largest absolute Gasteiger partial charge is 0.383 e. The second-order valence-electron chi connectivity index (χ2n) is 10.8. The zero-order valence-electron chi connectivity index (χ0n) is 22.9. The Kier molecular flexibility index (Phi) is 7.66. The van der Waals surface area contributed by atoms with E-state index in [1.54, 1.807) is 7.11 Å². The highest BCUT2D eigenvalue weighted by Gasteiger charge is 2.45. The van der Waals surface area contributed by atoms with Crippen molar-refractivity contribution in [2.45, 2.75) is 37.4 Å². The summed E-state index contributed by atoms with van der Waals surface area (Å²) in [7, 11) is 1.64. The molecule has 3 aromatic carbocycles. The molecule has 6 rings (SSSR count). The molecule has 2 N–H and O–H groups in total. The van der Waals surface area contributed by atoms with Gasteiger partial charge in [-0.15, -0.1) is 0 Å². The Hall–Kier alpha value is -3.94. The Balaban J connectivity index is 1.29. The number of para-hydroxylation sites is 1. The fourth-order valence-electron chi connectivity index (χ4n) is 6.36. The minimum Gasteiger partial charge on any atom is -0.383 e. The van der Waals surface area contributed by atoms with Crippen LogP contribution in [0.3, 0.4) is 0 Å². The van der Waals surface area contributed by atoms with Gasteiger partial charge < -0.3 is 19.9 Å². The van der Waals surface area contributed by atoms with Crippen molar-refractivity contribution in [3.8, 4) is 0 Å². The van der Waals surface area contributed by atoms with Gasteiger partial charge in [0.1, 0.15) is 0 Å². The third-order valence-corrected chi connectivity index (χ3v) is 8.38. The van der Waals surface area contributed by atoms with Gasteiger partial charge >= 0.3 is 0 Å². The van der Waals surface area contributed by atoms with Crippen LogP contribution in [0.5, 0.6) is 0 Å². The smallest absolute Gasteiger partial charge is 0.254 e. The van der Waals surface area contributed by atoms with Crippen LogP contribution < -0.4 is 5.32 Å². The van der Waals surface area contributed by atoms with Crippen molar-refractivity contribution in [3.05, 3.63) is 107 Å². The maximum absolute atomic E-state index is 14.3. The van der Waals surface area contributed by atoms with Gasteiger partial charge in [0.25, 0.3) is 5.91 Å². The highest BCUT2D eigenvalue weighted by atomic mass is 16.5. The number of hydrogen-bond acceptors (Lipinski definition) is 4. The molecule has 1 saturated heterocycles. The molecule has 1 aromatic heterocycles. The molecule has 40 heavy (non-hydrogen) atoms. The van der Waals surface area contributed by atoms with E-state index < -0.39 is 12.0 Å². The molecule has 4 aromatic rings. The second kappa shape index (κ2) is 11.7. The minimum absolute atomic E-state index is 0.0286. The van der Waals surface area contributed by atoms with Crippen molar-refractivity contribution < 1.29 is 14.3 Å². The summed E-state index contributed by atoms with van der Waals surface area (Å²) >= 11 is 0. The predicted molar refractivity (Wildman–Crippen MR) is 156 cm³/mol. The third kappa shape index (κ3) is 5.15. The summed E-state index contributed by atoms with van der Waals surface area (Å²) in [5, 5.41) is 4.42. The molecule has 2 amide bonds. The van der Waals surface area contributed by atoms with E-state index in [0.29, 0.717) is 18.7 Å². The number of H-pyrrole nitrogens is 1. The number of carbonyl (C=O) groups is 2. The fraction of sp³-hybridized carbons (Fsp3) is 0.333. The number of piperidine rings is 1. The zero-order chi connectivity index (χ0) is 27.5. The Morgan fingerprint density at radius 3 is 2.48 bits per heavy atom. The van der Waals surface area contributed by atoms with Crippen molar-refractivity contribution in [2.24, 2.45) is 0 Å². The zero-order valence-corrected chi connectivity index (χ0v) is 22.9. The monoisotopic (exact) mass is 536 g/mol. The number of aromatic amines is 1. The van der Waals surface area contributed by atoms with Crippen molar-refractivity contribution in [2.75, 3.05) is 33.4 Å². The number of methoxy groups -OCH3 is 1. The van der Waals surface area contributed by atoms with Crippen LogP contribution >= 0.6 is 0 Å². The molecule has 2 atom stereocenters. The predicted octanol–water partition coefficient (Wildman–Crippen LogP) is 4.88. The molecule has 0 bridgehead atoms. The van der Waals surface area contributed by atoms with E-state index in [9.17, 15) is 9.59 Å². The van der Waals surface area contributed by atoms with E-state index in [-0.39, 0.29) is 17.9 Å². The second-order valence-corrected chi connectivity index (χ2v) is 10.8. The Labute approximate surface area is 235 Å². The van der Waals surface area contributed by atoms with Crippen LogP contribution in [0, 0.1) is 0 Å². The molecule has 0 spiro atoms. The number of carbonyl (C=O) groups excluding carboxylic acids is 2. The molecule has 2 unspecified atom stereocenters. The average Bonchev–Trinajstić information content (AvgIpc) is 3.42. The summed E-state index contributed by atoms with van der Waals surface area (Å²) in [5.41, 5.74) is 4.63. The molecule has 0 saturated carbocycles. The first kappa shape index (κ1) is 26.3. The van der Waals surface area contributed by atoms with Gasteiger partial charge in [0.05, 0.1) is 18.6 Å². The van der Waals surface area contributed by atoms with Gasteiger partial charge in [0.2, 0.25) is 5.91 Å². The first-order valence-corrected chi connectivity index (χ1v) is 14.2. The first-order chi connectivity index (χ1) is 19.6. The maximum atomic E-state index is 14.3. The van der Waals surface area contributed by atoms with Gasteiger partial charge in [-0.05, 0) is 36.1 Å². The van der Waals surface area contributed by atoms with E-state index >= 15 is 0 Å². The SMILES string of the molecule is COCCN1C(=O)c2ccccc2C(C(=O)NC2CCN(Cc3ccccc3)CC2)C1c1c[nH]c2ccccc12. The van der Waals surface area contributed by atoms with Gasteiger partial charge in [0.15, 0.2) is 0 Å². The number of fused-ring (bicyclic) bond motifs is 2. The lowest BCUT2D eigenvalue weighted by Gasteiger charge is -2.42. The lowest BCUT2D eigenvalue weighted by molar-refractivity contribution is -0.125. The Bertz CT molecular complexity index is 1480. The number of ether oxygens (including phenoxy) is 1. The first-order valence-electron chi connectivity index (χ1n) is 14.2. The highest BCUT2D eigenvalue weighted by molar-refractivity contribution is 6.02. The quantitative estimate of drug-likeness (QED) is 0.337. The number of amides is 2. The lowest BCUT2D eigenvalue weighted by atomic mass is 9.78. The number of nitrogens with one attached hydrogen (secondary N) is 2. The van der Waals surface area contributed by atoms with Crippen LogP contribution in [0.15, 0.2) is 85.1 Å². The van der Waals surface area contributed by atoms with E-state index in [1.807, 2.05) is 59.6 Å². The summed E-state index contributed by atoms with van der Waals surface area (Å²) in [6, 6.07) is 25.8. The van der Waals surface area contributed by atoms with Gasteiger partial charge in [-0.2, -0.15) is 0 Å². The molecule has 0 radical (unpaired) electrons. The van der Waals surface area contributed by atoms with Gasteiger partial charge in [-0.1, -0.05) is 66.7 Å². The normalized spacial score (nSPS) is 20.0. The summed E-state index contributed by atoms with van der Waals surface area (Å²) in [6.45, 7) is 3.59. The molecule has 206 valence electrons. The minimum atomic E-state index is -0.535. The number of benzene rings is 3. The number of aromatic nitrogens is 1. The van der Waals surface area contributed by atoms with Crippen LogP contribution in [0.4, 0.5) is 0 Å². The number of rotatable bonds is 8. The summed E-state index contributed by atoms with van der Waals surface area (Å²) in [4.78, 5) is 35.7. The molecule has 7 heteroatoms. The van der Waals surface area contributed by atoms with Crippen molar-refractivity contribution >= 4 is 22.7 Å². The molecule has 2 aliphatic rings. The average molecular weight is 537 g/mol. The van der Waals surface area contributed by atoms with E-state index in [1.165, 1.54) is 5.56 Å². The Morgan fingerprint density at radius 2 is 1.68 bits per heavy atom. The molecular formula is C33H36N4O3. The highest BCUT2D eigenvalue weighted by Crippen LogP contribution is 2.45. The van der Waals surface area contributed by atoms with Crippen LogP contribution in [-0.2, 0) is 16.1 Å². The van der Waals surface area contributed by atoms with Crippen LogP contribution in [0.25, 0.3) is 10.9 Å². The van der Waals surface area contributed by atoms with Crippen molar-refractivity contribution in [3.63, 3.8) is 0 Å². The molecule has 3 heterocycles. The third-order valence-electron chi connectivity index (χ3n) is 8.38. The van der Waals surface area contributed by atoms with Crippen molar-refractivity contribution in [1.29, 1.82) is 0 Å². The van der Waals surface area contributed by atoms with E-state index in [4.69, 9.17) is 4.74 Å². The van der Waals surface area contributed by atoms with Crippen molar-refractivity contribution in [1.82, 2.24) is 20.1 Å². The van der Waals surface area contributed by atoms with Gasteiger partial charge in [0, 0.05) is 67.6 Å². The summed E-state index contributed by atoms with van der Waals surface area (Å²) < 4.78 is 5.40. The molecule has 1 fully saturated rings. The lowest BCUT2D eigenvalue weighted by Crippen LogP contribution is -2.51. The van der Waals surface area contributed by atoms with E-state index in [0.717, 1.165) is 54.5 Å². The summed E-state index contributed by atoms with van der Waals surface area (Å²) in [5.74, 6) is -0.632. The Morgan fingerprint density at radius 1 is 0.950 bits per heavy atom. The fourth-order valence-corrected chi connectivity index (χ4v) is 6.36. The molecule has 7 nitrogen and oxygen atoms in total. The molecule has 0 aliphatic carbocycles. The van der Waals surface area contributed by atoms with Gasteiger partial charge in [-0.25, -0.2) is 0 Å². The van der Waals surface area contributed by atoms with E-state index in [2.05, 4.69) is 45.5 Å². The molecule has 2 aliphatic heterocycles. The van der Waals surface area contributed by atoms with Crippen LogP contribution in [-0.4, -0.2) is 66.0 Å². The summed E-state index contributed by atoms with van der Waals surface area (Å²) in [6.07, 6.45) is 3.76. The topological polar surface area (TPSA) is 77.7 Å². The maximum Gasteiger partial charge on any atom is 0.254 e. The van der Waals surface area contributed by atoms with Gasteiger partial charge in [-0.3, -0.25) is 14.5 Å². The number of hydrogen-bond donors (Lipinski definition) is 2.